The van der Waals surface area contributed by atoms with E-state index in [0.717, 1.165) is 17.4 Å². The maximum absolute atomic E-state index is 12.1. The van der Waals surface area contributed by atoms with Crippen LogP contribution < -0.4 is 5.32 Å². The summed E-state index contributed by atoms with van der Waals surface area (Å²) in [6, 6.07) is 5.02. The summed E-state index contributed by atoms with van der Waals surface area (Å²) in [6.45, 7) is 2.10. The van der Waals surface area contributed by atoms with Crippen molar-refractivity contribution in [2.24, 2.45) is 5.92 Å². The molecule has 0 bridgehead atoms. The fourth-order valence-electron chi connectivity index (χ4n) is 2.93. The van der Waals surface area contributed by atoms with E-state index in [1.807, 2.05) is 0 Å². The lowest BCUT2D eigenvalue weighted by Gasteiger charge is -2.12. The molecular formula is C17H22N4OS2. The third-order valence-electron chi connectivity index (χ3n) is 4.61. The molecule has 0 aromatic carbocycles. The first-order chi connectivity index (χ1) is 11.7. The van der Waals surface area contributed by atoms with Crippen LogP contribution in [-0.4, -0.2) is 32.5 Å². The molecule has 1 amide bonds. The molecule has 0 radical (unpaired) electrons. The second-order valence-corrected chi connectivity index (χ2v) is 8.71. The van der Waals surface area contributed by atoms with Crippen LogP contribution >= 0.6 is 23.1 Å². The maximum Gasteiger partial charge on any atom is 0.230 e. The SMILES string of the molecule is C[C@@H](NC(=O)CSc1nnc(Cc2cccs2)n1C1CC1)C1CC1. The normalized spacial score (nSPS) is 18.5. The zero-order valence-electron chi connectivity index (χ0n) is 13.8. The highest BCUT2D eigenvalue weighted by molar-refractivity contribution is 7.99. The molecule has 2 heterocycles. The summed E-state index contributed by atoms with van der Waals surface area (Å²) in [7, 11) is 0. The van der Waals surface area contributed by atoms with E-state index in [9.17, 15) is 4.79 Å². The number of carbonyl (C=O) groups is 1. The minimum atomic E-state index is 0.101. The molecule has 1 atom stereocenters. The highest BCUT2D eigenvalue weighted by atomic mass is 32.2. The largest absolute Gasteiger partial charge is 0.353 e. The number of nitrogens with one attached hydrogen (secondary N) is 1. The summed E-state index contributed by atoms with van der Waals surface area (Å²) in [4.78, 5) is 13.4. The van der Waals surface area contributed by atoms with Crippen LogP contribution in [0.15, 0.2) is 22.7 Å². The molecule has 7 heteroatoms. The van der Waals surface area contributed by atoms with E-state index in [1.54, 1.807) is 11.3 Å². The van der Waals surface area contributed by atoms with E-state index in [1.165, 1.54) is 42.3 Å². The van der Waals surface area contributed by atoms with Crippen LogP contribution in [0.4, 0.5) is 0 Å². The topological polar surface area (TPSA) is 59.8 Å². The number of hydrogen-bond donors (Lipinski definition) is 1. The monoisotopic (exact) mass is 362 g/mol. The first-order valence-electron chi connectivity index (χ1n) is 8.59. The Bertz CT molecular complexity index is 704. The van der Waals surface area contributed by atoms with Gasteiger partial charge in [-0.15, -0.1) is 21.5 Å². The molecule has 2 aliphatic carbocycles. The Morgan fingerprint density at radius 2 is 2.25 bits per heavy atom. The molecule has 0 spiro atoms. The molecular weight excluding hydrogens is 340 g/mol. The van der Waals surface area contributed by atoms with E-state index >= 15 is 0 Å². The van der Waals surface area contributed by atoms with Crippen molar-refractivity contribution in [1.29, 1.82) is 0 Å². The second-order valence-electron chi connectivity index (χ2n) is 6.74. The van der Waals surface area contributed by atoms with Gasteiger partial charge in [-0.3, -0.25) is 4.79 Å². The van der Waals surface area contributed by atoms with Crippen molar-refractivity contribution >= 4 is 29.0 Å². The fraction of sp³-hybridized carbons (Fsp3) is 0.588. The number of aromatic nitrogens is 3. The number of nitrogens with zero attached hydrogens (tertiary/aromatic N) is 3. The van der Waals surface area contributed by atoms with Crippen molar-refractivity contribution in [3.63, 3.8) is 0 Å². The Hall–Kier alpha value is -1.34. The number of thioether (sulfide) groups is 1. The van der Waals surface area contributed by atoms with Gasteiger partial charge < -0.3 is 9.88 Å². The van der Waals surface area contributed by atoms with Crippen LogP contribution in [0.5, 0.6) is 0 Å². The third-order valence-corrected chi connectivity index (χ3v) is 6.43. The van der Waals surface area contributed by atoms with Crippen LogP contribution in [0.2, 0.25) is 0 Å². The van der Waals surface area contributed by atoms with Crippen LogP contribution in [0.25, 0.3) is 0 Å². The molecule has 2 aromatic heterocycles. The Morgan fingerprint density at radius 3 is 2.92 bits per heavy atom. The van der Waals surface area contributed by atoms with Crippen LogP contribution in [0.3, 0.4) is 0 Å². The molecule has 24 heavy (non-hydrogen) atoms. The fourth-order valence-corrected chi connectivity index (χ4v) is 4.47. The maximum atomic E-state index is 12.1. The minimum Gasteiger partial charge on any atom is -0.353 e. The van der Waals surface area contributed by atoms with Gasteiger partial charge in [0, 0.05) is 23.4 Å². The zero-order valence-corrected chi connectivity index (χ0v) is 15.4. The number of amides is 1. The van der Waals surface area contributed by atoms with Crippen molar-refractivity contribution in [2.75, 3.05) is 5.75 Å². The quantitative estimate of drug-likeness (QED) is 0.732. The second kappa shape index (κ2) is 6.88. The lowest BCUT2D eigenvalue weighted by Crippen LogP contribution is -2.35. The standard InChI is InChI=1S/C17H22N4OS2/c1-11(12-4-5-12)18-16(22)10-24-17-20-19-15(21(17)13-6-7-13)9-14-3-2-8-23-14/h2-3,8,11-13H,4-7,9-10H2,1H3,(H,18,22)/t11-/m1/s1. The number of carbonyl (C=O) groups excluding carboxylic acids is 1. The van der Waals surface area contributed by atoms with Crippen molar-refractivity contribution in [2.45, 2.75) is 56.3 Å². The van der Waals surface area contributed by atoms with Crippen molar-refractivity contribution < 1.29 is 4.79 Å². The van der Waals surface area contributed by atoms with Gasteiger partial charge in [-0.2, -0.15) is 0 Å². The number of hydrogen-bond acceptors (Lipinski definition) is 5. The van der Waals surface area contributed by atoms with E-state index in [-0.39, 0.29) is 5.91 Å². The van der Waals surface area contributed by atoms with Gasteiger partial charge in [0.1, 0.15) is 5.82 Å². The first kappa shape index (κ1) is 16.1. The van der Waals surface area contributed by atoms with Crippen LogP contribution in [0.1, 0.15) is 49.4 Å². The number of rotatable bonds is 8. The van der Waals surface area contributed by atoms with E-state index in [2.05, 4.69) is 44.5 Å². The summed E-state index contributed by atoms with van der Waals surface area (Å²) < 4.78 is 2.25. The summed E-state index contributed by atoms with van der Waals surface area (Å²) >= 11 is 3.26. The molecule has 2 saturated carbocycles. The molecule has 0 aliphatic heterocycles. The Kier molecular flexibility index (Phi) is 4.63. The Labute approximate surface area is 150 Å². The molecule has 1 N–H and O–H groups in total. The van der Waals surface area contributed by atoms with E-state index < -0.39 is 0 Å². The van der Waals surface area contributed by atoms with Gasteiger partial charge in [0.2, 0.25) is 5.91 Å². The molecule has 0 unspecified atom stereocenters. The molecule has 128 valence electrons. The molecule has 2 fully saturated rings. The highest BCUT2D eigenvalue weighted by Crippen LogP contribution is 2.39. The van der Waals surface area contributed by atoms with E-state index in [0.29, 0.717) is 23.8 Å². The predicted molar refractivity (Wildman–Crippen MR) is 96.5 cm³/mol. The highest BCUT2D eigenvalue weighted by Gasteiger charge is 2.31. The first-order valence-corrected chi connectivity index (χ1v) is 10.5. The third kappa shape index (κ3) is 3.83. The van der Waals surface area contributed by atoms with Crippen molar-refractivity contribution in [1.82, 2.24) is 20.1 Å². The predicted octanol–water partition coefficient (Wildman–Crippen LogP) is 3.27. The summed E-state index contributed by atoms with van der Waals surface area (Å²) in [6.07, 6.45) is 5.70. The van der Waals surface area contributed by atoms with Gasteiger partial charge in [-0.1, -0.05) is 17.8 Å². The van der Waals surface area contributed by atoms with Gasteiger partial charge in [0.25, 0.3) is 0 Å². The Balaban J connectivity index is 1.39. The van der Waals surface area contributed by atoms with Gasteiger partial charge in [0.05, 0.1) is 5.75 Å². The van der Waals surface area contributed by atoms with E-state index in [4.69, 9.17) is 0 Å². The lowest BCUT2D eigenvalue weighted by molar-refractivity contribution is -0.119. The molecule has 4 rings (SSSR count). The summed E-state index contributed by atoms with van der Waals surface area (Å²) in [5, 5.41) is 14.8. The lowest BCUT2D eigenvalue weighted by atomic mass is 10.2. The average Bonchev–Trinajstić information content (AvgIpc) is 3.49. The summed E-state index contributed by atoms with van der Waals surface area (Å²) in [5.74, 6) is 2.23. The van der Waals surface area contributed by atoms with Crippen molar-refractivity contribution in [3.05, 3.63) is 28.2 Å². The smallest absolute Gasteiger partial charge is 0.230 e. The van der Waals surface area contributed by atoms with Gasteiger partial charge in [-0.05, 0) is 50.0 Å². The Morgan fingerprint density at radius 1 is 1.42 bits per heavy atom. The zero-order chi connectivity index (χ0) is 16.5. The molecule has 5 nitrogen and oxygen atoms in total. The van der Waals surface area contributed by atoms with Crippen LogP contribution in [0, 0.1) is 5.92 Å². The van der Waals surface area contributed by atoms with Gasteiger partial charge >= 0.3 is 0 Å². The average molecular weight is 363 g/mol. The van der Waals surface area contributed by atoms with Gasteiger partial charge in [0.15, 0.2) is 5.16 Å². The van der Waals surface area contributed by atoms with Gasteiger partial charge in [-0.25, -0.2) is 0 Å². The molecule has 2 aromatic rings. The minimum absolute atomic E-state index is 0.101. The van der Waals surface area contributed by atoms with Crippen LogP contribution in [-0.2, 0) is 11.2 Å². The van der Waals surface area contributed by atoms with Crippen molar-refractivity contribution in [3.8, 4) is 0 Å². The molecule has 2 aliphatic rings. The number of thiophene rings is 1. The molecule has 0 saturated heterocycles. The summed E-state index contributed by atoms with van der Waals surface area (Å²) in [5.41, 5.74) is 0.